The van der Waals surface area contributed by atoms with E-state index in [1.54, 1.807) is 11.9 Å². The van der Waals surface area contributed by atoms with Crippen LogP contribution in [0.25, 0.3) is 0 Å². The summed E-state index contributed by atoms with van der Waals surface area (Å²) in [4.78, 5) is 13.4. The van der Waals surface area contributed by atoms with Gasteiger partial charge in [-0.3, -0.25) is 4.79 Å². The maximum Gasteiger partial charge on any atom is 0.254 e. The second kappa shape index (κ2) is 6.04. The lowest BCUT2D eigenvalue weighted by Gasteiger charge is -2.15. The molecule has 1 aromatic rings. The van der Waals surface area contributed by atoms with Gasteiger partial charge in [-0.1, -0.05) is 5.16 Å². The van der Waals surface area contributed by atoms with Gasteiger partial charge in [0.25, 0.3) is 5.91 Å². The minimum absolute atomic E-state index is 0.0510. The summed E-state index contributed by atoms with van der Waals surface area (Å²) < 4.78 is 1.07. The molecule has 1 amide bonds. The van der Waals surface area contributed by atoms with E-state index in [0.29, 0.717) is 18.5 Å². The number of nitrogens with two attached hydrogens (primary N) is 1. The maximum absolute atomic E-state index is 11.8. The molecule has 0 atom stereocenters. The number of hydrogen-bond acceptors (Lipinski definition) is 4. The molecule has 1 rings (SSSR count). The molecule has 0 aliphatic heterocycles. The van der Waals surface area contributed by atoms with E-state index in [4.69, 9.17) is 10.9 Å². The lowest BCUT2D eigenvalue weighted by Crippen LogP contribution is -2.30. The van der Waals surface area contributed by atoms with Crippen molar-refractivity contribution in [2.24, 2.45) is 10.9 Å². The molecule has 0 aliphatic rings. The van der Waals surface area contributed by atoms with E-state index >= 15 is 0 Å². The highest BCUT2D eigenvalue weighted by Gasteiger charge is 2.13. The Kier molecular flexibility index (Phi) is 5.00. The Morgan fingerprint density at radius 1 is 1.75 bits per heavy atom. The normalized spacial score (nSPS) is 11.5. The van der Waals surface area contributed by atoms with Crippen molar-refractivity contribution in [2.45, 2.75) is 6.42 Å². The highest BCUT2D eigenvalue weighted by molar-refractivity contribution is 14.1. The van der Waals surface area contributed by atoms with Crippen molar-refractivity contribution in [3.8, 4) is 0 Å². The second-order valence-corrected chi connectivity index (χ2v) is 6.01. The van der Waals surface area contributed by atoms with E-state index in [1.165, 1.54) is 11.3 Å². The Hall–Kier alpha value is -0.830. The number of carbonyl (C=O) groups is 1. The molecule has 0 saturated carbocycles. The number of amidine groups is 1. The van der Waals surface area contributed by atoms with Crippen molar-refractivity contribution in [2.75, 3.05) is 13.6 Å². The Labute approximate surface area is 111 Å². The van der Waals surface area contributed by atoms with Gasteiger partial charge < -0.3 is 15.8 Å². The molecule has 0 aliphatic carbocycles. The van der Waals surface area contributed by atoms with Gasteiger partial charge in [0.05, 0.1) is 8.45 Å². The number of hydrogen-bond donors (Lipinski definition) is 2. The zero-order chi connectivity index (χ0) is 12.1. The lowest BCUT2D eigenvalue weighted by atomic mass is 10.3. The molecular formula is C9H12IN3O2S. The molecule has 5 nitrogen and oxygen atoms in total. The van der Waals surface area contributed by atoms with Crippen LogP contribution in [0.5, 0.6) is 0 Å². The van der Waals surface area contributed by atoms with Crippen LogP contribution in [0.3, 0.4) is 0 Å². The summed E-state index contributed by atoms with van der Waals surface area (Å²) in [5.41, 5.74) is 6.00. The summed E-state index contributed by atoms with van der Waals surface area (Å²) >= 11 is 3.70. The average Bonchev–Trinajstić information content (AvgIpc) is 2.71. The third-order valence-electron chi connectivity index (χ3n) is 1.99. The molecule has 1 heterocycles. The molecule has 0 bridgehead atoms. The number of thiophene rings is 1. The van der Waals surface area contributed by atoms with Crippen LogP contribution in [-0.2, 0) is 0 Å². The minimum Gasteiger partial charge on any atom is -0.409 e. The molecule has 16 heavy (non-hydrogen) atoms. The van der Waals surface area contributed by atoms with Gasteiger partial charge in [0.2, 0.25) is 0 Å². The number of carbonyl (C=O) groups excluding carboxylic acids is 1. The molecule has 0 unspecified atom stereocenters. The topological polar surface area (TPSA) is 78.9 Å². The molecule has 0 aromatic carbocycles. The van der Waals surface area contributed by atoms with E-state index < -0.39 is 0 Å². The molecule has 0 spiro atoms. The predicted octanol–water partition coefficient (Wildman–Crippen LogP) is 1.56. The van der Waals surface area contributed by atoms with Gasteiger partial charge in [0, 0.05) is 25.4 Å². The molecule has 3 N–H and O–H groups in total. The summed E-state index contributed by atoms with van der Waals surface area (Å²) in [6, 6.07) is 1.84. The summed E-state index contributed by atoms with van der Waals surface area (Å²) in [5, 5.41) is 13.0. The monoisotopic (exact) mass is 353 g/mol. The van der Waals surface area contributed by atoms with Gasteiger partial charge in [-0.2, -0.15) is 0 Å². The van der Waals surface area contributed by atoms with E-state index in [2.05, 4.69) is 27.7 Å². The van der Waals surface area contributed by atoms with Crippen molar-refractivity contribution in [1.82, 2.24) is 4.90 Å². The Bertz CT molecular complexity index is 405. The van der Waals surface area contributed by atoms with Crippen LogP contribution in [0.2, 0.25) is 0 Å². The van der Waals surface area contributed by atoms with E-state index in [9.17, 15) is 4.79 Å². The SMILES string of the molecule is CN(CCC(N)=NO)C(=O)c1csc(I)c1. The number of rotatable bonds is 4. The van der Waals surface area contributed by atoms with Gasteiger partial charge in [0.15, 0.2) is 0 Å². The van der Waals surface area contributed by atoms with Crippen molar-refractivity contribution < 1.29 is 10.0 Å². The van der Waals surface area contributed by atoms with Crippen molar-refractivity contribution in [3.05, 3.63) is 19.9 Å². The van der Waals surface area contributed by atoms with Crippen LogP contribution >= 0.6 is 33.9 Å². The van der Waals surface area contributed by atoms with Gasteiger partial charge in [-0.25, -0.2) is 0 Å². The third kappa shape index (κ3) is 3.63. The first-order valence-electron chi connectivity index (χ1n) is 4.50. The summed E-state index contributed by atoms with van der Waals surface area (Å²) in [7, 11) is 1.69. The lowest BCUT2D eigenvalue weighted by molar-refractivity contribution is 0.0799. The number of oxime groups is 1. The van der Waals surface area contributed by atoms with Crippen molar-refractivity contribution >= 4 is 45.7 Å². The van der Waals surface area contributed by atoms with Gasteiger partial charge in [0.1, 0.15) is 5.84 Å². The zero-order valence-corrected chi connectivity index (χ0v) is 11.7. The van der Waals surface area contributed by atoms with Crippen LogP contribution in [0.1, 0.15) is 16.8 Å². The fraction of sp³-hybridized carbons (Fsp3) is 0.333. The smallest absolute Gasteiger partial charge is 0.254 e. The van der Waals surface area contributed by atoms with Crippen LogP contribution in [0.4, 0.5) is 0 Å². The molecular weight excluding hydrogens is 341 g/mol. The number of nitrogens with zero attached hydrogens (tertiary/aromatic N) is 2. The standard InChI is InChI=1S/C9H12IN3O2S/c1-13(3-2-8(11)12-15)9(14)6-4-7(10)16-5-6/h4-5,15H,2-3H2,1H3,(H2,11,12). The second-order valence-electron chi connectivity index (χ2n) is 3.21. The fourth-order valence-corrected chi connectivity index (χ4v) is 2.40. The average molecular weight is 353 g/mol. The molecule has 88 valence electrons. The Morgan fingerprint density at radius 2 is 2.44 bits per heavy atom. The summed E-state index contributed by atoms with van der Waals surface area (Å²) in [5.74, 6) is 0.0736. The third-order valence-corrected chi connectivity index (χ3v) is 3.78. The number of amides is 1. The fourth-order valence-electron chi connectivity index (χ4n) is 1.08. The Morgan fingerprint density at radius 3 is 2.94 bits per heavy atom. The summed E-state index contributed by atoms with van der Waals surface area (Å²) in [6.07, 6.45) is 0.361. The molecule has 0 saturated heterocycles. The molecule has 0 radical (unpaired) electrons. The van der Waals surface area contributed by atoms with Crippen LogP contribution < -0.4 is 5.73 Å². The maximum atomic E-state index is 11.8. The van der Waals surface area contributed by atoms with Crippen molar-refractivity contribution in [1.29, 1.82) is 0 Å². The van der Waals surface area contributed by atoms with Crippen LogP contribution in [0, 0.1) is 2.88 Å². The van der Waals surface area contributed by atoms with Gasteiger partial charge >= 0.3 is 0 Å². The molecule has 0 fully saturated rings. The summed E-state index contributed by atoms with van der Waals surface area (Å²) in [6.45, 7) is 0.432. The van der Waals surface area contributed by atoms with E-state index in [0.717, 1.165) is 2.88 Å². The Balaban J connectivity index is 2.54. The predicted molar refractivity (Wildman–Crippen MR) is 72.0 cm³/mol. The minimum atomic E-state index is -0.0510. The first-order valence-corrected chi connectivity index (χ1v) is 6.46. The van der Waals surface area contributed by atoms with E-state index in [1.807, 2.05) is 11.4 Å². The highest BCUT2D eigenvalue weighted by atomic mass is 127. The first-order chi connectivity index (χ1) is 7.54. The van der Waals surface area contributed by atoms with Crippen molar-refractivity contribution in [3.63, 3.8) is 0 Å². The van der Waals surface area contributed by atoms with Crippen LogP contribution in [-0.4, -0.2) is 35.4 Å². The van der Waals surface area contributed by atoms with E-state index in [-0.39, 0.29) is 11.7 Å². The van der Waals surface area contributed by atoms with Gasteiger partial charge in [-0.05, 0) is 28.7 Å². The number of halogens is 1. The first kappa shape index (κ1) is 13.2. The largest absolute Gasteiger partial charge is 0.409 e. The molecule has 7 heteroatoms. The molecule has 1 aromatic heterocycles. The van der Waals surface area contributed by atoms with Crippen LogP contribution in [0.15, 0.2) is 16.6 Å². The van der Waals surface area contributed by atoms with Gasteiger partial charge in [-0.15, -0.1) is 11.3 Å². The quantitative estimate of drug-likeness (QED) is 0.284. The zero-order valence-electron chi connectivity index (χ0n) is 8.68. The highest BCUT2D eigenvalue weighted by Crippen LogP contribution is 2.17.